The molecular formula is C24H24N4O5S3Zn. The first-order valence-electron chi connectivity index (χ1n) is 10.2. The minimum Gasteiger partial charge on any atom is -0.855 e. The van der Waals surface area contributed by atoms with Crippen molar-refractivity contribution in [1.29, 1.82) is 0 Å². The summed E-state index contributed by atoms with van der Waals surface area (Å²) >= 11 is 3.11. The SMILES string of the molecule is CS(C)=O.Cc1ccsc1/C=N\N=C(/[O-])c1ccco1.Cc1ccsc1/C=N\N=C(/[O-])c1ccco1.[Zn+2]. The number of thiophene rings is 2. The second-order valence-electron chi connectivity index (χ2n) is 6.93. The molecule has 4 aromatic heterocycles. The van der Waals surface area contributed by atoms with E-state index >= 15 is 0 Å². The molecule has 4 aromatic rings. The molecule has 0 amide bonds. The molecule has 0 N–H and O–H groups in total. The van der Waals surface area contributed by atoms with Crippen molar-refractivity contribution in [3.05, 3.63) is 92.1 Å². The third-order valence-electron chi connectivity index (χ3n) is 3.91. The Kier molecular flexibility index (Phi) is 15.1. The van der Waals surface area contributed by atoms with Crippen molar-refractivity contribution in [1.82, 2.24) is 0 Å². The van der Waals surface area contributed by atoms with Crippen LogP contribution in [0.3, 0.4) is 0 Å². The van der Waals surface area contributed by atoms with Crippen molar-refractivity contribution in [3.8, 4) is 0 Å². The molecule has 4 heterocycles. The number of aryl methyl sites for hydroxylation is 2. The van der Waals surface area contributed by atoms with Crippen LogP contribution in [0.15, 0.2) is 88.9 Å². The molecule has 0 saturated heterocycles. The fraction of sp³-hybridized carbons (Fsp3) is 0.167. The van der Waals surface area contributed by atoms with Gasteiger partial charge in [0.1, 0.15) is 11.5 Å². The molecule has 0 spiro atoms. The molecule has 0 atom stereocenters. The maximum absolute atomic E-state index is 11.3. The average Bonchev–Trinajstić information content (AvgIpc) is 3.64. The van der Waals surface area contributed by atoms with Gasteiger partial charge in [-0.15, -0.1) is 22.7 Å². The van der Waals surface area contributed by atoms with E-state index in [1.807, 2.05) is 36.7 Å². The Morgan fingerprint density at radius 2 is 1.19 bits per heavy atom. The Balaban J connectivity index is 0.000000316. The normalized spacial score (nSPS) is 11.7. The van der Waals surface area contributed by atoms with Crippen molar-refractivity contribution in [2.45, 2.75) is 13.8 Å². The van der Waals surface area contributed by atoms with E-state index in [-0.39, 0.29) is 31.0 Å². The predicted octanol–water partition coefficient (Wildman–Crippen LogP) is 3.57. The first-order valence-corrected chi connectivity index (χ1v) is 14.0. The summed E-state index contributed by atoms with van der Waals surface area (Å²) in [5.41, 5.74) is 2.24. The van der Waals surface area contributed by atoms with Crippen molar-refractivity contribution in [3.63, 3.8) is 0 Å². The largest absolute Gasteiger partial charge is 2.00 e. The quantitative estimate of drug-likeness (QED) is 0.142. The third kappa shape index (κ3) is 12.2. The van der Waals surface area contributed by atoms with Gasteiger partial charge < -0.3 is 19.0 Å². The molecule has 0 aliphatic rings. The van der Waals surface area contributed by atoms with Crippen LogP contribution in [0.25, 0.3) is 0 Å². The van der Waals surface area contributed by atoms with E-state index in [2.05, 4.69) is 20.4 Å². The molecular weight excluding hydrogens is 586 g/mol. The van der Waals surface area contributed by atoms with Gasteiger partial charge in [0.15, 0.2) is 0 Å². The molecule has 4 rings (SSSR count). The molecule has 0 bridgehead atoms. The molecule has 9 nitrogen and oxygen atoms in total. The zero-order valence-corrected chi connectivity index (χ0v) is 26.1. The van der Waals surface area contributed by atoms with Crippen molar-refractivity contribution < 1.29 is 42.7 Å². The van der Waals surface area contributed by atoms with E-state index in [0.29, 0.717) is 0 Å². The molecule has 0 unspecified atom stereocenters. The zero-order chi connectivity index (χ0) is 26.3. The molecule has 13 heteroatoms. The Bertz CT molecular complexity index is 1220. The Hall–Kier alpha value is -2.99. The summed E-state index contributed by atoms with van der Waals surface area (Å²) in [6, 6.07) is 10.3. The minimum absolute atomic E-state index is 0. The molecule has 0 radical (unpaired) electrons. The topological polar surface area (TPSA) is 139 Å². The van der Waals surface area contributed by atoms with E-state index in [1.165, 1.54) is 12.5 Å². The van der Waals surface area contributed by atoms with Gasteiger partial charge in [-0.1, -0.05) is 0 Å². The molecule has 0 aliphatic heterocycles. The minimum atomic E-state index is -0.611. The monoisotopic (exact) mass is 608 g/mol. The number of hydrogen-bond acceptors (Lipinski definition) is 11. The smallest absolute Gasteiger partial charge is 0.855 e. The van der Waals surface area contributed by atoms with E-state index in [0.717, 1.165) is 20.9 Å². The Labute approximate surface area is 238 Å². The maximum Gasteiger partial charge on any atom is 2.00 e. The zero-order valence-electron chi connectivity index (χ0n) is 20.7. The number of rotatable bonds is 6. The fourth-order valence-corrected chi connectivity index (χ4v) is 3.76. The predicted molar refractivity (Wildman–Crippen MR) is 144 cm³/mol. The number of nitrogens with zero attached hydrogens (tertiary/aromatic N) is 4. The summed E-state index contributed by atoms with van der Waals surface area (Å²) < 4.78 is 19.3. The second-order valence-corrected chi connectivity index (χ2v) is 10.3. The summed E-state index contributed by atoms with van der Waals surface area (Å²) in [6.07, 6.45) is 9.27. The van der Waals surface area contributed by atoms with Crippen LogP contribution in [0.1, 0.15) is 32.4 Å². The van der Waals surface area contributed by atoms with Crippen LogP contribution in [-0.4, -0.2) is 40.9 Å². The summed E-state index contributed by atoms with van der Waals surface area (Å²) in [4.78, 5) is 1.99. The van der Waals surface area contributed by atoms with Crippen molar-refractivity contribution >= 4 is 57.7 Å². The third-order valence-corrected chi connectivity index (χ3v) is 5.82. The second kappa shape index (κ2) is 17.5. The van der Waals surface area contributed by atoms with Gasteiger partial charge in [0, 0.05) is 23.3 Å². The van der Waals surface area contributed by atoms with Gasteiger partial charge in [-0.2, -0.15) is 20.4 Å². The van der Waals surface area contributed by atoms with Crippen molar-refractivity contribution in [2.24, 2.45) is 20.4 Å². The van der Waals surface area contributed by atoms with Crippen LogP contribution in [0, 0.1) is 13.8 Å². The van der Waals surface area contributed by atoms with Crippen LogP contribution in [-0.2, 0) is 30.3 Å². The van der Waals surface area contributed by atoms with Crippen LogP contribution in [0.4, 0.5) is 0 Å². The maximum atomic E-state index is 11.3. The van der Waals surface area contributed by atoms with Gasteiger partial charge in [0.05, 0.1) is 46.5 Å². The molecule has 0 saturated carbocycles. The molecule has 37 heavy (non-hydrogen) atoms. The average molecular weight is 610 g/mol. The van der Waals surface area contributed by atoms with Gasteiger partial charge in [-0.05, 0) is 72.1 Å². The molecule has 0 aromatic carbocycles. The summed E-state index contributed by atoms with van der Waals surface area (Å²) in [7, 11) is -0.611. The number of hydrogen-bond donors (Lipinski definition) is 0. The summed E-state index contributed by atoms with van der Waals surface area (Å²) in [5, 5.41) is 41.1. The number of furan rings is 2. The van der Waals surface area contributed by atoms with E-state index in [1.54, 1.807) is 71.9 Å². The van der Waals surface area contributed by atoms with Gasteiger partial charge in [0.25, 0.3) is 0 Å². The van der Waals surface area contributed by atoms with Crippen LogP contribution in [0.5, 0.6) is 0 Å². The summed E-state index contributed by atoms with van der Waals surface area (Å²) in [5.74, 6) is -0.564. The molecule has 190 valence electrons. The molecule has 0 fully saturated rings. The fourth-order valence-electron chi connectivity index (χ4n) is 2.20. The standard InChI is InChI=1S/2C11H10N2O2S.C2H6OS.Zn/c2*1-8-4-6-16-10(8)7-12-13-11(14)9-3-2-5-15-9;1-4(2)3;/h2*2-7H,1H3,(H,13,14);1-2H3;/q;;;+2/p-2/b2*12-7-;;. The Morgan fingerprint density at radius 1 is 0.811 bits per heavy atom. The summed E-state index contributed by atoms with van der Waals surface area (Å²) in [6.45, 7) is 3.96. The van der Waals surface area contributed by atoms with Gasteiger partial charge in [0.2, 0.25) is 0 Å². The first-order chi connectivity index (χ1) is 17.3. The van der Waals surface area contributed by atoms with E-state index < -0.39 is 22.6 Å². The van der Waals surface area contributed by atoms with Gasteiger partial charge in [-0.25, -0.2) is 0 Å². The van der Waals surface area contributed by atoms with Crippen LogP contribution >= 0.6 is 22.7 Å². The van der Waals surface area contributed by atoms with Crippen molar-refractivity contribution in [2.75, 3.05) is 12.5 Å². The van der Waals surface area contributed by atoms with Crippen LogP contribution in [0.2, 0.25) is 0 Å². The van der Waals surface area contributed by atoms with Gasteiger partial charge in [-0.3, -0.25) is 4.21 Å². The Morgan fingerprint density at radius 3 is 1.46 bits per heavy atom. The van der Waals surface area contributed by atoms with Gasteiger partial charge >= 0.3 is 19.5 Å². The van der Waals surface area contributed by atoms with E-state index in [9.17, 15) is 14.4 Å². The van der Waals surface area contributed by atoms with Crippen LogP contribution < -0.4 is 10.2 Å². The molecule has 0 aliphatic carbocycles. The van der Waals surface area contributed by atoms with E-state index in [4.69, 9.17) is 8.83 Å². The first kappa shape index (κ1) is 32.0.